The normalized spacial score (nSPS) is 18.2. The number of alkyl halides is 3. The van der Waals surface area contributed by atoms with Crippen molar-refractivity contribution < 1.29 is 30.7 Å². The van der Waals surface area contributed by atoms with Gasteiger partial charge in [-0.2, -0.15) is 13.2 Å². The average Bonchev–Trinajstić information content (AvgIpc) is 3.20. The standard InChI is InChI=1S/C23H28F3N3O3.2H2/c1-15(2)32-18-4-3-16(13-17(18)14-30)21(31)28-10-7-22(8-11-28)19-5-6-20(23(24,25)26)29(19)12-9-27-22;;/h3-6,13,15,27,30H,7-12,14H2,1-2H3;2*1H. The van der Waals surface area contributed by atoms with Crippen molar-refractivity contribution in [1.82, 2.24) is 14.8 Å². The molecule has 1 saturated heterocycles. The lowest BCUT2D eigenvalue weighted by molar-refractivity contribution is -0.144. The second-order valence-electron chi connectivity index (χ2n) is 8.70. The Morgan fingerprint density at radius 2 is 1.94 bits per heavy atom. The van der Waals surface area contributed by atoms with Gasteiger partial charge in [0.15, 0.2) is 0 Å². The molecule has 3 heterocycles. The highest BCUT2D eigenvalue weighted by Crippen LogP contribution is 2.40. The van der Waals surface area contributed by atoms with E-state index in [1.54, 1.807) is 29.2 Å². The molecule has 0 bridgehead atoms. The van der Waals surface area contributed by atoms with E-state index < -0.39 is 17.4 Å². The Hall–Kier alpha value is -2.52. The second-order valence-corrected chi connectivity index (χ2v) is 8.70. The molecule has 1 amide bonds. The van der Waals surface area contributed by atoms with Crippen molar-refractivity contribution in [3.8, 4) is 5.75 Å². The Labute approximate surface area is 187 Å². The number of aliphatic hydroxyl groups is 1. The van der Waals surface area contributed by atoms with Crippen molar-refractivity contribution >= 4 is 5.91 Å². The largest absolute Gasteiger partial charge is 0.491 e. The van der Waals surface area contributed by atoms with E-state index >= 15 is 0 Å². The van der Waals surface area contributed by atoms with Crippen molar-refractivity contribution in [3.05, 3.63) is 52.8 Å². The number of hydrogen-bond donors (Lipinski definition) is 2. The summed E-state index contributed by atoms with van der Waals surface area (Å²) < 4.78 is 47.1. The van der Waals surface area contributed by atoms with Crippen LogP contribution in [0, 0.1) is 0 Å². The number of carbonyl (C=O) groups excluding carboxylic acids is 1. The first-order chi connectivity index (χ1) is 15.1. The molecule has 1 aromatic heterocycles. The monoisotopic (exact) mass is 455 g/mol. The highest BCUT2D eigenvalue weighted by Gasteiger charge is 2.44. The number of nitrogens with zero attached hydrogens (tertiary/aromatic N) is 2. The smallest absolute Gasteiger partial charge is 0.431 e. The van der Waals surface area contributed by atoms with E-state index in [0.29, 0.717) is 55.0 Å². The van der Waals surface area contributed by atoms with E-state index in [4.69, 9.17) is 4.74 Å². The Morgan fingerprint density at radius 3 is 2.56 bits per heavy atom. The summed E-state index contributed by atoms with van der Waals surface area (Å²) in [6.07, 6.45) is -3.38. The van der Waals surface area contributed by atoms with Gasteiger partial charge in [-0.05, 0) is 57.0 Å². The first kappa shape index (κ1) is 22.7. The molecule has 1 aromatic carbocycles. The topological polar surface area (TPSA) is 66.7 Å². The van der Waals surface area contributed by atoms with E-state index in [0.717, 1.165) is 6.07 Å². The van der Waals surface area contributed by atoms with Gasteiger partial charge in [0, 0.05) is 45.9 Å². The fourth-order valence-corrected chi connectivity index (χ4v) is 4.78. The van der Waals surface area contributed by atoms with Gasteiger partial charge in [0.2, 0.25) is 0 Å². The van der Waals surface area contributed by atoms with Crippen LogP contribution in [0.1, 0.15) is 56.9 Å². The van der Waals surface area contributed by atoms with Crippen molar-refractivity contribution in [2.75, 3.05) is 19.6 Å². The molecule has 1 fully saturated rings. The molecule has 4 rings (SSSR count). The van der Waals surface area contributed by atoms with E-state index in [1.165, 1.54) is 4.57 Å². The van der Waals surface area contributed by atoms with Crippen molar-refractivity contribution in [3.63, 3.8) is 0 Å². The van der Waals surface area contributed by atoms with Gasteiger partial charge >= 0.3 is 6.18 Å². The minimum absolute atomic E-state index is 0. The predicted octanol–water partition coefficient (Wildman–Crippen LogP) is 4.01. The summed E-state index contributed by atoms with van der Waals surface area (Å²) in [7, 11) is 0. The third-order valence-corrected chi connectivity index (χ3v) is 6.30. The molecular formula is C23H32F3N3O3. The molecule has 32 heavy (non-hydrogen) atoms. The number of benzene rings is 1. The summed E-state index contributed by atoms with van der Waals surface area (Å²) in [6.45, 7) is 5.11. The van der Waals surface area contributed by atoms with E-state index in [2.05, 4.69) is 5.32 Å². The van der Waals surface area contributed by atoms with Crippen molar-refractivity contribution in [2.45, 2.75) is 57.7 Å². The maximum atomic E-state index is 13.4. The number of halogens is 3. The summed E-state index contributed by atoms with van der Waals surface area (Å²) in [5.74, 6) is 0.386. The fourth-order valence-electron chi connectivity index (χ4n) is 4.78. The van der Waals surface area contributed by atoms with Crippen LogP contribution in [0.3, 0.4) is 0 Å². The van der Waals surface area contributed by atoms with E-state index in [1.807, 2.05) is 13.8 Å². The summed E-state index contributed by atoms with van der Waals surface area (Å²) in [6, 6.07) is 7.73. The summed E-state index contributed by atoms with van der Waals surface area (Å²) in [5.41, 5.74) is 0.460. The zero-order valence-electron chi connectivity index (χ0n) is 18.2. The second kappa shape index (κ2) is 8.44. The molecule has 0 aliphatic carbocycles. The zero-order chi connectivity index (χ0) is 23.1. The number of aliphatic hydroxyl groups excluding tert-OH is 1. The Balaban J connectivity index is 0.00000204. The van der Waals surface area contributed by atoms with Gasteiger partial charge in [-0.3, -0.25) is 4.79 Å². The molecule has 9 heteroatoms. The summed E-state index contributed by atoms with van der Waals surface area (Å²) in [5, 5.41) is 13.1. The number of piperidine rings is 1. The first-order valence-electron chi connectivity index (χ1n) is 10.9. The Bertz CT molecular complexity index is 1000. The maximum Gasteiger partial charge on any atom is 0.431 e. The average molecular weight is 456 g/mol. The zero-order valence-corrected chi connectivity index (χ0v) is 18.2. The minimum Gasteiger partial charge on any atom is -0.491 e. The van der Waals surface area contributed by atoms with Crippen LogP contribution in [-0.2, 0) is 24.9 Å². The molecule has 0 saturated carbocycles. The number of fused-ring (bicyclic) bond motifs is 2. The first-order valence-corrected chi connectivity index (χ1v) is 10.9. The van der Waals surface area contributed by atoms with E-state index in [9.17, 15) is 23.1 Å². The number of aromatic nitrogens is 1. The quantitative estimate of drug-likeness (QED) is 0.731. The fraction of sp³-hybridized carbons (Fsp3) is 0.522. The summed E-state index contributed by atoms with van der Waals surface area (Å²) >= 11 is 0. The number of hydrogen-bond acceptors (Lipinski definition) is 4. The van der Waals surface area contributed by atoms with Crippen LogP contribution in [0.15, 0.2) is 30.3 Å². The molecule has 2 aromatic rings. The van der Waals surface area contributed by atoms with Crippen LogP contribution in [0.4, 0.5) is 13.2 Å². The maximum absolute atomic E-state index is 13.4. The lowest BCUT2D eigenvalue weighted by Crippen LogP contribution is -2.56. The van der Waals surface area contributed by atoms with Crippen LogP contribution < -0.4 is 10.1 Å². The van der Waals surface area contributed by atoms with Gasteiger partial charge in [-0.25, -0.2) is 0 Å². The molecule has 6 nitrogen and oxygen atoms in total. The number of likely N-dealkylation sites (tertiary alicyclic amines) is 1. The molecule has 178 valence electrons. The minimum atomic E-state index is -4.39. The molecule has 2 aliphatic rings. The van der Waals surface area contributed by atoms with Crippen molar-refractivity contribution in [2.24, 2.45) is 0 Å². The summed E-state index contributed by atoms with van der Waals surface area (Å²) in [4.78, 5) is 14.8. The SMILES string of the molecule is CC(C)Oc1ccc(C(=O)N2CCC3(CC2)NCCn2c(C(F)(F)F)ccc23)cc1CO.[HH].[HH]. The van der Waals surface area contributed by atoms with Gasteiger partial charge in [0.05, 0.1) is 18.2 Å². The Morgan fingerprint density at radius 1 is 1.22 bits per heavy atom. The predicted molar refractivity (Wildman–Crippen MR) is 117 cm³/mol. The van der Waals surface area contributed by atoms with E-state index in [-0.39, 0.29) is 28.0 Å². The molecule has 0 unspecified atom stereocenters. The van der Waals surface area contributed by atoms with Gasteiger partial charge in [-0.15, -0.1) is 0 Å². The third kappa shape index (κ3) is 4.11. The van der Waals surface area contributed by atoms with Crippen LogP contribution >= 0.6 is 0 Å². The van der Waals surface area contributed by atoms with Crippen LogP contribution in [0.5, 0.6) is 5.75 Å². The highest BCUT2D eigenvalue weighted by molar-refractivity contribution is 5.94. The lowest BCUT2D eigenvalue weighted by Gasteiger charge is -2.45. The molecule has 2 aliphatic heterocycles. The Kier molecular flexibility index (Phi) is 5.98. The van der Waals surface area contributed by atoms with Crippen LogP contribution in [-0.4, -0.2) is 46.2 Å². The molecule has 1 spiro atoms. The molecular weight excluding hydrogens is 423 g/mol. The lowest BCUT2D eigenvalue weighted by atomic mass is 9.83. The van der Waals surface area contributed by atoms with Gasteiger partial charge in [-0.1, -0.05) is 0 Å². The van der Waals surface area contributed by atoms with Gasteiger partial charge in [0.1, 0.15) is 11.4 Å². The highest BCUT2D eigenvalue weighted by atomic mass is 19.4. The number of rotatable bonds is 4. The molecule has 0 atom stereocenters. The van der Waals surface area contributed by atoms with Gasteiger partial charge < -0.3 is 24.6 Å². The molecule has 2 N–H and O–H groups in total. The number of carbonyl (C=O) groups is 1. The third-order valence-electron chi connectivity index (χ3n) is 6.30. The van der Waals surface area contributed by atoms with Gasteiger partial charge in [0.25, 0.3) is 5.91 Å². The molecule has 0 radical (unpaired) electrons. The van der Waals surface area contributed by atoms with Crippen LogP contribution in [0.25, 0.3) is 0 Å². The number of amides is 1. The van der Waals surface area contributed by atoms with Crippen LogP contribution in [0.2, 0.25) is 0 Å². The number of nitrogens with one attached hydrogen (secondary N) is 1. The number of ether oxygens (including phenoxy) is 1. The van der Waals surface area contributed by atoms with Crippen molar-refractivity contribution in [1.29, 1.82) is 0 Å².